The van der Waals surface area contributed by atoms with Gasteiger partial charge in [-0.15, -0.1) is 0 Å². The molecule has 0 amide bonds. The van der Waals surface area contributed by atoms with Crippen molar-refractivity contribution in [3.63, 3.8) is 0 Å². The maximum absolute atomic E-state index is 11.2. The highest BCUT2D eigenvalue weighted by Crippen LogP contribution is 2.10. The quantitative estimate of drug-likeness (QED) is 0.289. The first-order valence-electron chi connectivity index (χ1n) is 4.72. The molecule has 0 atom stereocenters. The highest BCUT2D eigenvalue weighted by molar-refractivity contribution is 6.53. The molecule has 0 aromatic carbocycles. The Hall–Kier alpha value is -0.893. The molecule has 0 aliphatic heterocycles. The second kappa shape index (κ2) is 7.39. The Kier molecular flexibility index (Phi) is 6.98. The van der Waals surface area contributed by atoms with Gasteiger partial charge in [-0.05, 0) is 13.8 Å². The minimum Gasteiger partial charge on any atom is -0.486 e. The summed E-state index contributed by atoms with van der Waals surface area (Å²) in [6.45, 7) is 3.61. The van der Waals surface area contributed by atoms with Crippen molar-refractivity contribution in [2.24, 2.45) is 0 Å². The summed E-state index contributed by atoms with van der Waals surface area (Å²) in [6, 6.07) is 0. The average molecular weight is 250 g/mol. The molecule has 0 spiro atoms. The molecule has 0 unspecified atom stereocenters. The maximum atomic E-state index is 11.2. The first-order chi connectivity index (χ1) is 7.55. The van der Waals surface area contributed by atoms with Crippen LogP contribution in [0.5, 0.6) is 0 Å². The Bertz CT molecular complexity index is 240. The van der Waals surface area contributed by atoms with Gasteiger partial charge in [0.05, 0.1) is 18.4 Å². The van der Waals surface area contributed by atoms with Gasteiger partial charge in [-0.3, -0.25) is 0 Å². The normalized spacial score (nSPS) is 12.4. The van der Waals surface area contributed by atoms with E-state index < -0.39 is 15.0 Å². The molecule has 0 fully saturated rings. The second-order valence-electron chi connectivity index (χ2n) is 2.75. The van der Waals surface area contributed by atoms with Crippen molar-refractivity contribution in [2.75, 3.05) is 27.9 Å². The first kappa shape index (κ1) is 15.1. The average Bonchev–Trinajstić information content (AvgIpc) is 2.31. The van der Waals surface area contributed by atoms with Gasteiger partial charge in [-0.1, -0.05) is 0 Å². The van der Waals surface area contributed by atoms with Gasteiger partial charge in [0.1, 0.15) is 0 Å². The van der Waals surface area contributed by atoms with Gasteiger partial charge in [0.25, 0.3) is 0 Å². The highest BCUT2D eigenvalue weighted by Gasteiger charge is 2.44. The third-order valence-corrected chi connectivity index (χ3v) is 3.63. The van der Waals surface area contributed by atoms with Crippen LogP contribution in [0.4, 0.5) is 0 Å². The predicted octanol–water partition coefficient (Wildman–Crippen LogP) is 0.845. The summed E-state index contributed by atoms with van der Waals surface area (Å²) in [5, 5.41) is 0. The lowest BCUT2D eigenvalue weighted by Gasteiger charge is -2.21. The molecule has 0 rings (SSSR count). The van der Waals surface area contributed by atoms with E-state index in [0.29, 0.717) is 12.2 Å². The maximum Gasteiger partial charge on any atom is 0.748 e. The van der Waals surface area contributed by atoms with Gasteiger partial charge >= 0.3 is 15.0 Å². The lowest BCUT2D eigenvalue weighted by Crippen LogP contribution is -2.45. The van der Waals surface area contributed by atoms with E-state index in [1.165, 1.54) is 27.6 Å². The fourth-order valence-corrected chi connectivity index (χ4v) is 1.96. The molecule has 94 valence electrons. The number of hydrogen-bond acceptors (Lipinski definition) is 6. The summed E-state index contributed by atoms with van der Waals surface area (Å²) >= 11 is 0. The Balaban J connectivity index is 4.48. The lowest BCUT2D eigenvalue weighted by molar-refractivity contribution is -0.138. The molecule has 7 heteroatoms. The van der Waals surface area contributed by atoms with Crippen LogP contribution in [0, 0.1) is 0 Å². The van der Waals surface area contributed by atoms with Gasteiger partial charge < -0.3 is 22.4 Å². The zero-order valence-corrected chi connectivity index (χ0v) is 11.2. The van der Waals surface area contributed by atoms with Gasteiger partial charge in [0.2, 0.25) is 0 Å². The Morgan fingerprint density at radius 1 is 1.19 bits per heavy atom. The van der Waals surface area contributed by atoms with Crippen LogP contribution in [0.2, 0.25) is 0 Å². The standard InChI is InChI=1S/C9H18O6Si/c1-6-14-9(10)8(2)7-15-16(11-3,12-4)13-5/h7H,6H2,1-5H3. The molecule has 0 saturated carbocycles. The van der Waals surface area contributed by atoms with Gasteiger partial charge in [-0.2, -0.15) is 0 Å². The summed E-state index contributed by atoms with van der Waals surface area (Å²) in [5.41, 5.74) is 0.310. The third-order valence-electron chi connectivity index (χ3n) is 1.73. The smallest absolute Gasteiger partial charge is 0.486 e. The third kappa shape index (κ3) is 4.31. The van der Waals surface area contributed by atoms with Crippen LogP contribution in [-0.4, -0.2) is 43.0 Å². The number of rotatable bonds is 7. The van der Waals surface area contributed by atoms with Crippen molar-refractivity contribution in [1.29, 1.82) is 0 Å². The van der Waals surface area contributed by atoms with Gasteiger partial charge in [0.15, 0.2) is 0 Å². The molecule has 0 N–H and O–H groups in total. The van der Waals surface area contributed by atoms with Crippen molar-refractivity contribution < 1.29 is 27.2 Å². The molecule has 0 heterocycles. The van der Waals surface area contributed by atoms with E-state index in [2.05, 4.69) is 0 Å². The Morgan fingerprint density at radius 2 is 1.69 bits per heavy atom. The van der Waals surface area contributed by atoms with Crippen molar-refractivity contribution in [1.82, 2.24) is 0 Å². The van der Waals surface area contributed by atoms with Crippen LogP contribution in [0.15, 0.2) is 11.8 Å². The lowest BCUT2D eigenvalue weighted by atomic mass is 10.3. The largest absolute Gasteiger partial charge is 0.748 e. The summed E-state index contributed by atoms with van der Waals surface area (Å²) in [4.78, 5) is 11.2. The van der Waals surface area contributed by atoms with Crippen LogP contribution in [0.1, 0.15) is 13.8 Å². The minimum atomic E-state index is -3.13. The number of hydrogen-bond donors (Lipinski definition) is 0. The van der Waals surface area contributed by atoms with E-state index >= 15 is 0 Å². The summed E-state index contributed by atoms with van der Waals surface area (Å²) in [7, 11) is 1.10. The molecule has 0 aliphatic rings. The predicted molar refractivity (Wildman–Crippen MR) is 58.3 cm³/mol. The van der Waals surface area contributed by atoms with E-state index in [1.54, 1.807) is 13.8 Å². The zero-order valence-electron chi connectivity index (χ0n) is 10.2. The van der Waals surface area contributed by atoms with Crippen molar-refractivity contribution in [3.05, 3.63) is 11.8 Å². The Morgan fingerprint density at radius 3 is 2.06 bits per heavy atom. The van der Waals surface area contributed by atoms with E-state index in [9.17, 15) is 4.79 Å². The number of carbonyl (C=O) groups is 1. The fourth-order valence-electron chi connectivity index (χ4n) is 0.848. The number of ether oxygens (including phenoxy) is 1. The van der Waals surface area contributed by atoms with Crippen LogP contribution in [-0.2, 0) is 27.2 Å². The Labute approximate surface area is 96.6 Å². The number of carbonyl (C=O) groups excluding carboxylic acids is 1. The monoisotopic (exact) mass is 250 g/mol. The molecule has 0 saturated heterocycles. The fraction of sp³-hybridized carbons (Fsp3) is 0.667. The van der Waals surface area contributed by atoms with E-state index in [4.69, 9.17) is 22.4 Å². The zero-order chi connectivity index (χ0) is 12.6. The molecular weight excluding hydrogens is 232 g/mol. The van der Waals surface area contributed by atoms with Gasteiger partial charge in [0, 0.05) is 21.3 Å². The van der Waals surface area contributed by atoms with Crippen LogP contribution >= 0.6 is 0 Å². The van der Waals surface area contributed by atoms with Crippen molar-refractivity contribution in [2.45, 2.75) is 13.8 Å². The number of esters is 1. The highest BCUT2D eigenvalue weighted by atomic mass is 28.4. The van der Waals surface area contributed by atoms with Crippen LogP contribution < -0.4 is 0 Å². The van der Waals surface area contributed by atoms with E-state index in [-0.39, 0.29) is 0 Å². The summed E-state index contributed by atoms with van der Waals surface area (Å²) in [5.74, 6) is -0.450. The van der Waals surface area contributed by atoms with Gasteiger partial charge in [-0.25, -0.2) is 4.79 Å². The molecule has 0 radical (unpaired) electrons. The van der Waals surface area contributed by atoms with E-state index in [1.807, 2.05) is 0 Å². The SMILES string of the molecule is CCOC(=O)C(C)=CO[Si](OC)(OC)OC. The molecule has 0 aromatic rings. The summed E-state index contributed by atoms with van der Waals surface area (Å²) < 4.78 is 25.0. The van der Waals surface area contributed by atoms with Crippen LogP contribution in [0.25, 0.3) is 0 Å². The molecule has 6 nitrogen and oxygen atoms in total. The minimum absolute atomic E-state index is 0.310. The summed E-state index contributed by atoms with van der Waals surface area (Å²) in [6.07, 6.45) is 1.22. The van der Waals surface area contributed by atoms with Crippen LogP contribution in [0.3, 0.4) is 0 Å². The topological polar surface area (TPSA) is 63.2 Å². The molecule has 16 heavy (non-hydrogen) atoms. The second-order valence-corrected chi connectivity index (χ2v) is 5.21. The molecular formula is C9H18O6Si. The molecule has 0 aliphatic carbocycles. The molecule has 0 bridgehead atoms. The molecule has 0 aromatic heterocycles. The van der Waals surface area contributed by atoms with Crippen molar-refractivity contribution >= 4 is 15.0 Å². The first-order valence-corrected chi connectivity index (χ1v) is 6.35. The van der Waals surface area contributed by atoms with E-state index in [0.717, 1.165) is 0 Å². The van der Waals surface area contributed by atoms with Crippen molar-refractivity contribution in [3.8, 4) is 0 Å².